The molecule has 2 rings (SSSR count). The number of aliphatic hydroxyl groups is 1. The van der Waals surface area contributed by atoms with Gasteiger partial charge in [0.1, 0.15) is 6.04 Å². The van der Waals surface area contributed by atoms with E-state index in [0.29, 0.717) is 25.8 Å². The number of imide groups is 1. The lowest BCUT2D eigenvalue weighted by Crippen LogP contribution is -2.37. The Bertz CT molecular complexity index is 533. The van der Waals surface area contributed by atoms with E-state index in [1.165, 1.54) is 38.5 Å². The number of carbonyl (C=O) groups is 3. The molecule has 0 bridgehead atoms. The molecule has 7 heteroatoms. The van der Waals surface area contributed by atoms with Gasteiger partial charge < -0.3 is 15.1 Å². The maximum Gasteiger partial charge on any atom is 0.324 e. The number of rotatable bonds is 14. The molecule has 0 aromatic carbocycles. The molecular formula is C22H38N2O5. The molecule has 1 heterocycles. The van der Waals surface area contributed by atoms with Gasteiger partial charge in [-0.25, -0.2) is 4.79 Å². The molecule has 1 aliphatic carbocycles. The molecular weight excluding hydrogens is 372 g/mol. The average molecular weight is 411 g/mol. The van der Waals surface area contributed by atoms with Gasteiger partial charge in [-0.15, -0.1) is 0 Å². The highest BCUT2D eigenvalue weighted by molar-refractivity contribution is 6.04. The van der Waals surface area contributed by atoms with Crippen LogP contribution in [0.15, 0.2) is 0 Å². The molecule has 1 saturated carbocycles. The van der Waals surface area contributed by atoms with E-state index >= 15 is 0 Å². The van der Waals surface area contributed by atoms with E-state index in [-0.39, 0.29) is 18.4 Å². The van der Waals surface area contributed by atoms with Crippen molar-refractivity contribution in [1.29, 1.82) is 0 Å². The molecule has 3 N–H and O–H groups in total. The first-order valence-corrected chi connectivity index (χ1v) is 11.5. The fraction of sp³-hybridized carbons (Fsp3) is 0.864. The summed E-state index contributed by atoms with van der Waals surface area (Å²) in [5.74, 6) is -0.223. The molecule has 0 radical (unpaired) electrons. The van der Waals surface area contributed by atoms with Crippen LogP contribution in [0.2, 0.25) is 0 Å². The second-order valence-electron chi connectivity index (χ2n) is 8.73. The molecule has 0 aromatic rings. The zero-order chi connectivity index (χ0) is 21.1. The predicted molar refractivity (Wildman–Crippen MR) is 110 cm³/mol. The summed E-state index contributed by atoms with van der Waals surface area (Å²) >= 11 is 0. The molecule has 1 aliphatic heterocycles. The average Bonchev–Trinajstić information content (AvgIpc) is 2.96. The van der Waals surface area contributed by atoms with Crippen molar-refractivity contribution in [3.8, 4) is 0 Å². The number of hydrogen-bond acceptors (Lipinski definition) is 4. The first kappa shape index (κ1) is 23.6. The van der Waals surface area contributed by atoms with Crippen LogP contribution in [0.3, 0.4) is 0 Å². The van der Waals surface area contributed by atoms with Gasteiger partial charge in [0.05, 0.1) is 6.10 Å². The topological polar surface area (TPSA) is 107 Å². The summed E-state index contributed by atoms with van der Waals surface area (Å²) in [5, 5.41) is 21.3. The number of carbonyl (C=O) groups excluding carboxylic acids is 2. The number of aliphatic hydroxyl groups excluding tert-OH is 1. The quantitative estimate of drug-likeness (QED) is 0.298. The molecule has 7 nitrogen and oxygen atoms in total. The summed E-state index contributed by atoms with van der Waals surface area (Å²) < 4.78 is 0. The van der Waals surface area contributed by atoms with E-state index in [1.807, 2.05) is 0 Å². The number of nitrogens with zero attached hydrogens (tertiary/aromatic N) is 1. The third kappa shape index (κ3) is 8.72. The molecule has 2 aliphatic rings. The van der Waals surface area contributed by atoms with Crippen LogP contribution in [0.5, 0.6) is 0 Å². The summed E-state index contributed by atoms with van der Waals surface area (Å²) in [7, 11) is 0. The zero-order valence-corrected chi connectivity index (χ0v) is 17.6. The standard InChI is InChI=1S/C22H38N2O5/c25-18(12-8-11-17-9-4-3-5-10-17)15-16-24-19(21(28)23-22(24)29)13-6-1-2-7-14-20(26)27/h17-19,25H,1-16H2,(H,26,27)(H,23,28,29). The van der Waals surface area contributed by atoms with Gasteiger partial charge in [-0.1, -0.05) is 64.2 Å². The smallest absolute Gasteiger partial charge is 0.324 e. The van der Waals surface area contributed by atoms with Gasteiger partial charge in [-0.3, -0.25) is 14.9 Å². The van der Waals surface area contributed by atoms with Gasteiger partial charge in [-0.05, 0) is 31.6 Å². The number of unbranched alkanes of at least 4 members (excludes halogenated alkanes) is 3. The van der Waals surface area contributed by atoms with Crippen molar-refractivity contribution in [2.24, 2.45) is 5.92 Å². The van der Waals surface area contributed by atoms with E-state index in [9.17, 15) is 19.5 Å². The van der Waals surface area contributed by atoms with Crippen LogP contribution < -0.4 is 5.32 Å². The van der Waals surface area contributed by atoms with Crippen molar-refractivity contribution in [2.45, 2.75) is 108 Å². The minimum Gasteiger partial charge on any atom is -0.481 e. The minimum atomic E-state index is -0.783. The number of hydrogen-bond donors (Lipinski definition) is 3. The molecule has 2 unspecified atom stereocenters. The van der Waals surface area contributed by atoms with Crippen LogP contribution in [-0.4, -0.2) is 51.7 Å². The molecule has 166 valence electrons. The molecule has 1 saturated heterocycles. The number of urea groups is 1. The Hall–Kier alpha value is -1.63. The van der Waals surface area contributed by atoms with E-state index in [2.05, 4.69) is 5.32 Å². The molecule has 0 spiro atoms. The van der Waals surface area contributed by atoms with Gasteiger partial charge in [0.15, 0.2) is 0 Å². The number of nitrogens with one attached hydrogen (secondary N) is 1. The number of aliphatic carboxylic acids is 1. The van der Waals surface area contributed by atoms with Gasteiger partial charge in [0.25, 0.3) is 5.91 Å². The van der Waals surface area contributed by atoms with E-state index in [1.54, 1.807) is 4.90 Å². The van der Waals surface area contributed by atoms with Crippen molar-refractivity contribution < 1.29 is 24.6 Å². The van der Waals surface area contributed by atoms with Crippen molar-refractivity contribution in [2.75, 3.05) is 6.54 Å². The second kappa shape index (κ2) is 12.8. The summed E-state index contributed by atoms with van der Waals surface area (Å²) in [6.07, 6.45) is 13.6. The van der Waals surface area contributed by atoms with E-state index in [0.717, 1.165) is 38.0 Å². The van der Waals surface area contributed by atoms with Crippen LogP contribution in [0.1, 0.15) is 96.3 Å². The van der Waals surface area contributed by atoms with E-state index in [4.69, 9.17) is 5.11 Å². The Morgan fingerprint density at radius 1 is 1.00 bits per heavy atom. The Kier molecular flexibility index (Phi) is 10.5. The maximum absolute atomic E-state index is 12.1. The van der Waals surface area contributed by atoms with Crippen LogP contribution in [-0.2, 0) is 9.59 Å². The lowest BCUT2D eigenvalue weighted by molar-refractivity contribution is -0.137. The molecule has 3 amide bonds. The highest BCUT2D eigenvalue weighted by atomic mass is 16.4. The Morgan fingerprint density at radius 3 is 2.45 bits per heavy atom. The largest absolute Gasteiger partial charge is 0.481 e. The van der Waals surface area contributed by atoms with Crippen LogP contribution >= 0.6 is 0 Å². The minimum absolute atomic E-state index is 0.174. The predicted octanol–water partition coefficient (Wildman–Crippen LogP) is 3.83. The fourth-order valence-electron chi connectivity index (χ4n) is 4.61. The summed E-state index contributed by atoms with van der Waals surface area (Å²) in [6.45, 7) is 0.395. The third-order valence-corrected chi connectivity index (χ3v) is 6.37. The molecule has 29 heavy (non-hydrogen) atoms. The highest BCUT2D eigenvalue weighted by Crippen LogP contribution is 2.28. The maximum atomic E-state index is 12.1. The Balaban J connectivity index is 1.63. The van der Waals surface area contributed by atoms with Crippen molar-refractivity contribution >= 4 is 17.9 Å². The second-order valence-corrected chi connectivity index (χ2v) is 8.73. The number of carboxylic acid groups (broad SMARTS) is 1. The Labute approximate surface area is 174 Å². The first-order chi connectivity index (χ1) is 14.0. The van der Waals surface area contributed by atoms with Crippen LogP contribution in [0.25, 0.3) is 0 Å². The lowest BCUT2D eigenvalue weighted by Gasteiger charge is -2.24. The number of carboxylic acids is 1. The first-order valence-electron chi connectivity index (χ1n) is 11.5. The van der Waals surface area contributed by atoms with Gasteiger partial charge in [-0.2, -0.15) is 0 Å². The third-order valence-electron chi connectivity index (χ3n) is 6.37. The van der Waals surface area contributed by atoms with E-state index < -0.39 is 18.1 Å². The summed E-state index contributed by atoms with van der Waals surface area (Å²) in [4.78, 5) is 36.2. The SMILES string of the molecule is O=C(O)CCCCCCC1C(=O)NC(=O)N1CCC(O)CCCC1CCCCC1. The molecule has 0 aromatic heterocycles. The van der Waals surface area contributed by atoms with Gasteiger partial charge in [0.2, 0.25) is 0 Å². The Morgan fingerprint density at radius 2 is 1.72 bits per heavy atom. The lowest BCUT2D eigenvalue weighted by atomic mass is 9.85. The fourth-order valence-corrected chi connectivity index (χ4v) is 4.61. The highest BCUT2D eigenvalue weighted by Gasteiger charge is 2.37. The zero-order valence-electron chi connectivity index (χ0n) is 17.6. The summed E-state index contributed by atoms with van der Waals surface area (Å²) in [6, 6.07) is -0.823. The van der Waals surface area contributed by atoms with Gasteiger partial charge >= 0.3 is 12.0 Å². The van der Waals surface area contributed by atoms with Crippen LogP contribution in [0.4, 0.5) is 4.79 Å². The van der Waals surface area contributed by atoms with Gasteiger partial charge in [0, 0.05) is 13.0 Å². The monoisotopic (exact) mass is 410 g/mol. The summed E-state index contributed by atoms with van der Waals surface area (Å²) in [5.41, 5.74) is 0. The molecule has 2 atom stereocenters. The van der Waals surface area contributed by atoms with Crippen molar-refractivity contribution in [1.82, 2.24) is 10.2 Å². The number of amides is 3. The van der Waals surface area contributed by atoms with Crippen molar-refractivity contribution in [3.63, 3.8) is 0 Å². The molecule has 2 fully saturated rings. The normalized spacial score (nSPS) is 21.4. The van der Waals surface area contributed by atoms with Crippen molar-refractivity contribution in [3.05, 3.63) is 0 Å². The van der Waals surface area contributed by atoms with Crippen LogP contribution in [0, 0.1) is 5.92 Å².